The summed E-state index contributed by atoms with van der Waals surface area (Å²) >= 11 is 0. The molecule has 7 rings (SSSR count). The SMILES string of the molecule is C[C@@H]1N(c2cc(C#C[Si](C)(C)C)cnc2O[C@H]2C[C@@H](C(=O)O)N(c3nc(C(F)F)nc4c3oc3ccccc34)C2)CCOC12COC2. The van der Waals surface area contributed by atoms with Crippen molar-refractivity contribution < 1.29 is 37.3 Å². The highest BCUT2D eigenvalue weighted by Crippen LogP contribution is 2.41. The van der Waals surface area contributed by atoms with Gasteiger partial charge >= 0.3 is 5.97 Å². The molecule has 0 amide bonds. The lowest BCUT2D eigenvalue weighted by Gasteiger charge is -2.53. The molecular weight excluding hydrogens is 628 g/mol. The standard InChI is InChI=1S/C33H35F2N5O6Si/c1-19-33(17-43-18-33)44-11-10-39(19)23-13-20(9-12-47(2,3)4)15-36-31(23)45-21-14-24(32(41)42)40(16-21)30-27-26(37-29(38-30)28(34)35)22-7-5-6-8-25(22)46-27/h5-8,13,15,19,21,24,28H,10-11,14,16-18H2,1-4H3,(H,41,42)/t19-,21-,24-/m0/s1. The number of para-hydroxylation sites is 1. The second-order valence-corrected chi connectivity index (χ2v) is 18.0. The molecule has 47 heavy (non-hydrogen) atoms. The average Bonchev–Trinajstić information content (AvgIpc) is 3.61. The van der Waals surface area contributed by atoms with Crippen LogP contribution in [0.5, 0.6) is 5.88 Å². The Kier molecular flexibility index (Phi) is 7.81. The third-order valence-corrected chi connectivity index (χ3v) is 9.75. The Morgan fingerprint density at radius 1 is 1.19 bits per heavy atom. The van der Waals surface area contributed by atoms with Crippen molar-refractivity contribution in [3.63, 3.8) is 0 Å². The van der Waals surface area contributed by atoms with Crippen molar-refractivity contribution in [2.24, 2.45) is 0 Å². The van der Waals surface area contributed by atoms with E-state index in [0.717, 1.165) is 11.3 Å². The van der Waals surface area contributed by atoms with Gasteiger partial charge in [0.25, 0.3) is 6.43 Å². The van der Waals surface area contributed by atoms with Crippen LogP contribution in [-0.2, 0) is 14.3 Å². The van der Waals surface area contributed by atoms with Gasteiger partial charge in [0, 0.05) is 30.1 Å². The van der Waals surface area contributed by atoms with Crippen LogP contribution < -0.4 is 14.5 Å². The van der Waals surface area contributed by atoms with E-state index in [1.54, 1.807) is 30.5 Å². The van der Waals surface area contributed by atoms with Crippen LogP contribution in [0.4, 0.5) is 20.3 Å². The van der Waals surface area contributed by atoms with Crippen molar-refractivity contribution >= 4 is 47.6 Å². The first-order valence-electron chi connectivity index (χ1n) is 15.6. The molecule has 1 aromatic carbocycles. The minimum absolute atomic E-state index is 0.0149. The van der Waals surface area contributed by atoms with E-state index in [2.05, 4.69) is 52.9 Å². The number of carbonyl (C=O) groups is 1. The predicted molar refractivity (Wildman–Crippen MR) is 173 cm³/mol. The van der Waals surface area contributed by atoms with Gasteiger partial charge < -0.3 is 33.5 Å². The quantitative estimate of drug-likeness (QED) is 0.220. The maximum atomic E-state index is 14.0. The van der Waals surface area contributed by atoms with Gasteiger partial charge in [-0.15, -0.1) is 5.54 Å². The minimum Gasteiger partial charge on any atom is -0.480 e. The minimum atomic E-state index is -2.97. The number of carboxylic acid groups (broad SMARTS) is 1. The Morgan fingerprint density at radius 2 is 1.98 bits per heavy atom. The maximum absolute atomic E-state index is 14.0. The lowest BCUT2D eigenvalue weighted by atomic mass is 9.90. The van der Waals surface area contributed by atoms with Crippen molar-refractivity contribution in [1.29, 1.82) is 0 Å². The number of morpholine rings is 1. The fourth-order valence-electron chi connectivity index (χ4n) is 6.36. The third kappa shape index (κ3) is 5.77. The Morgan fingerprint density at radius 3 is 2.68 bits per heavy atom. The molecular formula is C33H35F2N5O6Si. The molecule has 1 N–H and O–H groups in total. The van der Waals surface area contributed by atoms with Crippen LogP contribution in [0.1, 0.15) is 31.2 Å². The predicted octanol–water partition coefficient (Wildman–Crippen LogP) is 5.04. The van der Waals surface area contributed by atoms with Crippen molar-refractivity contribution in [1.82, 2.24) is 15.0 Å². The molecule has 246 valence electrons. The normalized spacial score (nSPS) is 22.5. The highest BCUT2D eigenvalue weighted by atomic mass is 28.3. The molecule has 0 saturated carbocycles. The maximum Gasteiger partial charge on any atom is 0.326 e. The summed E-state index contributed by atoms with van der Waals surface area (Å²) in [4.78, 5) is 29.1. The summed E-state index contributed by atoms with van der Waals surface area (Å²) in [5.74, 6) is 1.74. The summed E-state index contributed by atoms with van der Waals surface area (Å²) in [6.45, 7) is 10.7. The number of nitrogens with zero attached hydrogens (tertiary/aromatic N) is 5. The summed E-state index contributed by atoms with van der Waals surface area (Å²) in [5, 5.41) is 10.8. The molecule has 3 aliphatic heterocycles. The number of halogens is 2. The van der Waals surface area contributed by atoms with Gasteiger partial charge in [-0.1, -0.05) is 37.7 Å². The van der Waals surface area contributed by atoms with Crippen LogP contribution in [0.3, 0.4) is 0 Å². The van der Waals surface area contributed by atoms with Crippen LogP contribution in [0, 0.1) is 11.5 Å². The topological polar surface area (TPSA) is 123 Å². The van der Waals surface area contributed by atoms with E-state index in [9.17, 15) is 18.7 Å². The van der Waals surface area contributed by atoms with Crippen molar-refractivity contribution in [2.75, 3.05) is 42.7 Å². The number of benzene rings is 1. The van der Waals surface area contributed by atoms with Gasteiger partial charge in [-0.05, 0) is 25.1 Å². The van der Waals surface area contributed by atoms with Crippen molar-refractivity contribution in [3.05, 3.63) is 47.9 Å². The van der Waals surface area contributed by atoms with E-state index in [-0.39, 0.29) is 35.9 Å². The second kappa shape index (κ2) is 11.7. The zero-order valence-corrected chi connectivity index (χ0v) is 27.5. The number of hydrogen-bond donors (Lipinski definition) is 1. The summed E-state index contributed by atoms with van der Waals surface area (Å²) < 4.78 is 52.3. The van der Waals surface area contributed by atoms with Gasteiger partial charge in [0.1, 0.15) is 42.6 Å². The van der Waals surface area contributed by atoms with E-state index >= 15 is 0 Å². The van der Waals surface area contributed by atoms with Gasteiger partial charge in [0.2, 0.25) is 5.88 Å². The molecule has 3 aromatic heterocycles. The van der Waals surface area contributed by atoms with E-state index in [0.29, 0.717) is 43.2 Å². The second-order valence-electron chi connectivity index (χ2n) is 13.3. The largest absolute Gasteiger partial charge is 0.480 e. The highest BCUT2D eigenvalue weighted by molar-refractivity contribution is 6.83. The number of fused-ring (bicyclic) bond motifs is 3. The summed E-state index contributed by atoms with van der Waals surface area (Å²) in [6.07, 6.45) is -1.92. The van der Waals surface area contributed by atoms with Crippen molar-refractivity contribution in [3.8, 4) is 17.3 Å². The lowest BCUT2D eigenvalue weighted by molar-refractivity contribution is -0.228. The summed E-state index contributed by atoms with van der Waals surface area (Å²) in [7, 11) is -1.67. The van der Waals surface area contributed by atoms with E-state index in [4.69, 9.17) is 23.6 Å². The van der Waals surface area contributed by atoms with Gasteiger partial charge in [0.15, 0.2) is 17.2 Å². The molecule has 0 radical (unpaired) electrons. The zero-order valence-electron chi connectivity index (χ0n) is 26.5. The number of alkyl halides is 2. The number of ether oxygens (including phenoxy) is 3. The fraction of sp³-hybridized carbons (Fsp3) is 0.455. The molecule has 3 saturated heterocycles. The van der Waals surface area contributed by atoms with Gasteiger partial charge in [-0.25, -0.2) is 28.5 Å². The Balaban J connectivity index is 1.26. The number of aromatic nitrogens is 3. The number of rotatable bonds is 6. The highest BCUT2D eigenvalue weighted by Gasteiger charge is 2.50. The first-order chi connectivity index (χ1) is 22.4. The van der Waals surface area contributed by atoms with E-state index in [1.807, 2.05) is 6.07 Å². The molecule has 11 nitrogen and oxygen atoms in total. The van der Waals surface area contributed by atoms with Crippen LogP contribution in [0.15, 0.2) is 40.9 Å². The number of hydrogen-bond acceptors (Lipinski definition) is 10. The van der Waals surface area contributed by atoms with Gasteiger partial charge in [0.05, 0.1) is 32.4 Å². The van der Waals surface area contributed by atoms with Gasteiger partial charge in [-0.2, -0.15) is 0 Å². The molecule has 4 aromatic rings. The molecule has 0 unspecified atom stereocenters. The Labute approximate surface area is 270 Å². The summed E-state index contributed by atoms with van der Waals surface area (Å²) in [6, 6.07) is 7.70. The van der Waals surface area contributed by atoms with E-state index < -0.39 is 44.0 Å². The van der Waals surface area contributed by atoms with Gasteiger partial charge in [-0.3, -0.25) is 0 Å². The number of aliphatic carboxylic acids is 1. The number of anilines is 2. The first-order valence-corrected chi connectivity index (χ1v) is 19.1. The molecule has 14 heteroatoms. The number of furan rings is 1. The van der Waals surface area contributed by atoms with E-state index in [1.165, 1.54) is 4.90 Å². The molecule has 6 heterocycles. The Bertz CT molecular complexity index is 1920. The molecule has 3 aliphatic rings. The van der Waals surface area contributed by atoms with Crippen LogP contribution >= 0.6 is 0 Å². The zero-order chi connectivity index (χ0) is 33.1. The van der Waals surface area contributed by atoms with Crippen LogP contribution in [-0.4, -0.2) is 90.8 Å². The summed E-state index contributed by atoms with van der Waals surface area (Å²) in [5.41, 5.74) is 5.19. The molecule has 0 aliphatic carbocycles. The Hall–Kier alpha value is -4.32. The average molecular weight is 664 g/mol. The monoisotopic (exact) mass is 663 g/mol. The molecule has 1 spiro atoms. The number of pyridine rings is 1. The first kappa shape index (κ1) is 31.3. The molecule has 3 fully saturated rings. The van der Waals surface area contributed by atoms with Crippen LogP contribution in [0.2, 0.25) is 19.6 Å². The fourth-order valence-corrected chi connectivity index (χ4v) is 6.88. The van der Waals surface area contributed by atoms with Crippen LogP contribution in [0.25, 0.3) is 22.1 Å². The third-order valence-electron chi connectivity index (χ3n) is 8.88. The number of carboxylic acids is 1. The lowest BCUT2D eigenvalue weighted by Crippen LogP contribution is -2.68. The molecule has 0 bridgehead atoms. The smallest absolute Gasteiger partial charge is 0.326 e. The van der Waals surface area contributed by atoms with Crippen molar-refractivity contribution in [2.45, 2.75) is 63.2 Å². The molecule has 3 atom stereocenters.